The van der Waals surface area contributed by atoms with E-state index in [0.29, 0.717) is 0 Å². The molecular formula is C12H24N2S. The Morgan fingerprint density at radius 3 is 3.00 bits per heavy atom. The molecule has 1 heterocycles. The summed E-state index contributed by atoms with van der Waals surface area (Å²) >= 11 is 2.16. The molecule has 1 saturated heterocycles. The van der Waals surface area contributed by atoms with Gasteiger partial charge >= 0.3 is 0 Å². The Hall–Kier alpha value is 0.270. The highest BCUT2D eigenvalue weighted by atomic mass is 32.2. The third kappa shape index (κ3) is 4.33. The molecular weight excluding hydrogens is 204 g/mol. The van der Waals surface area contributed by atoms with Gasteiger partial charge in [-0.2, -0.15) is 11.8 Å². The fraction of sp³-hybridized carbons (Fsp3) is 1.00. The molecule has 2 rings (SSSR count). The van der Waals surface area contributed by atoms with E-state index in [4.69, 9.17) is 0 Å². The number of nitrogens with zero attached hydrogens (tertiary/aromatic N) is 1. The van der Waals surface area contributed by atoms with Crippen molar-refractivity contribution >= 4 is 11.8 Å². The van der Waals surface area contributed by atoms with Crippen LogP contribution in [0.1, 0.15) is 32.6 Å². The lowest BCUT2D eigenvalue weighted by Gasteiger charge is -2.31. The molecule has 0 radical (unpaired) electrons. The summed E-state index contributed by atoms with van der Waals surface area (Å²) in [4.78, 5) is 2.65. The highest BCUT2D eigenvalue weighted by molar-refractivity contribution is 8.00. The zero-order chi connectivity index (χ0) is 10.5. The minimum Gasteiger partial charge on any atom is -0.314 e. The van der Waals surface area contributed by atoms with E-state index in [1.54, 1.807) is 0 Å². The summed E-state index contributed by atoms with van der Waals surface area (Å²) in [5, 5.41) is 4.49. The first-order valence-corrected chi connectivity index (χ1v) is 7.50. The lowest BCUT2D eigenvalue weighted by Crippen LogP contribution is -2.39. The van der Waals surface area contributed by atoms with E-state index >= 15 is 0 Å². The molecule has 0 aromatic carbocycles. The van der Waals surface area contributed by atoms with E-state index in [0.717, 1.165) is 11.3 Å². The van der Waals surface area contributed by atoms with E-state index in [9.17, 15) is 0 Å². The molecule has 2 fully saturated rings. The summed E-state index contributed by atoms with van der Waals surface area (Å²) in [6, 6.07) is 0.880. The Kier molecular flexibility index (Phi) is 4.79. The minimum atomic E-state index is 0.880. The van der Waals surface area contributed by atoms with Crippen LogP contribution in [-0.4, -0.2) is 48.1 Å². The molecule has 2 nitrogen and oxygen atoms in total. The van der Waals surface area contributed by atoms with E-state index in [2.05, 4.69) is 28.9 Å². The zero-order valence-electron chi connectivity index (χ0n) is 9.87. The van der Waals surface area contributed by atoms with Crippen molar-refractivity contribution in [3.8, 4) is 0 Å². The summed E-state index contributed by atoms with van der Waals surface area (Å²) in [5.74, 6) is 1.34. The smallest absolute Gasteiger partial charge is 0.0172 e. The molecule has 1 aliphatic heterocycles. The van der Waals surface area contributed by atoms with Gasteiger partial charge in [-0.1, -0.05) is 6.92 Å². The third-order valence-corrected chi connectivity index (χ3v) is 4.71. The second-order valence-corrected chi connectivity index (χ2v) is 6.19. The van der Waals surface area contributed by atoms with Gasteiger partial charge in [0.2, 0.25) is 0 Å². The molecule has 1 N–H and O–H groups in total. The maximum atomic E-state index is 3.59. The Morgan fingerprint density at radius 2 is 2.27 bits per heavy atom. The zero-order valence-corrected chi connectivity index (χ0v) is 10.7. The molecule has 0 bridgehead atoms. The van der Waals surface area contributed by atoms with Gasteiger partial charge in [-0.15, -0.1) is 0 Å². The van der Waals surface area contributed by atoms with E-state index in [-0.39, 0.29) is 0 Å². The highest BCUT2D eigenvalue weighted by Crippen LogP contribution is 2.21. The highest BCUT2D eigenvalue weighted by Gasteiger charge is 2.20. The van der Waals surface area contributed by atoms with E-state index < -0.39 is 0 Å². The molecule has 88 valence electrons. The minimum absolute atomic E-state index is 0.880. The van der Waals surface area contributed by atoms with Crippen molar-refractivity contribution in [3.05, 3.63) is 0 Å². The van der Waals surface area contributed by atoms with Crippen molar-refractivity contribution in [2.24, 2.45) is 0 Å². The fourth-order valence-electron chi connectivity index (χ4n) is 2.13. The molecule has 0 spiro atoms. The normalized spacial score (nSPS) is 28.2. The Morgan fingerprint density at radius 1 is 1.40 bits per heavy atom. The monoisotopic (exact) mass is 228 g/mol. The summed E-state index contributed by atoms with van der Waals surface area (Å²) in [5.41, 5.74) is 0. The number of thioether (sulfide) groups is 1. The van der Waals surface area contributed by atoms with Crippen molar-refractivity contribution in [2.75, 3.05) is 31.9 Å². The first kappa shape index (κ1) is 11.7. The standard InChI is InChI=1S/C12H24N2S/c1-2-12-10-14(8-9-15-12)7-3-6-13-11-4-5-11/h11-13H,2-10H2,1H3. The molecule has 1 atom stereocenters. The molecule has 15 heavy (non-hydrogen) atoms. The molecule has 1 aliphatic carbocycles. The van der Waals surface area contributed by atoms with Crippen LogP contribution in [0.5, 0.6) is 0 Å². The number of nitrogens with one attached hydrogen (secondary N) is 1. The molecule has 1 saturated carbocycles. The predicted molar refractivity (Wildman–Crippen MR) is 68.6 cm³/mol. The van der Waals surface area contributed by atoms with Crippen LogP contribution >= 0.6 is 11.8 Å². The van der Waals surface area contributed by atoms with Gasteiger partial charge < -0.3 is 10.2 Å². The van der Waals surface area contributed by atoms with E-state index in [1.807, 2.05) is 0 Å². The maximum Gasteiger partial charge on any atom is 0.0172 e. The largest absolute Gasteiger partial charge is 0.314 e. The van der Waals surface area contributed by atoms with Gasteiger partial charge in [0, 0.05) is 30.1 Å². The second kappa shape index (κ2) is 6.12. The lowest BCUT2D eigenvalue weighted by molar-refractivity contribution is 0.276. The van der Waals surface area contributed by atoms with Crippen LogP contribution in [0, 0.1) is 0 Å². The molecule has 0 aromatic rings. The summed E-state index contributed by atoms with van der Waals surface area (Å²) in [6.07, 6.45) is 5.50. The van der Waals surface area contributed by atoms with Crippen LogP contribution in [0.4, 0.5) is 0 Å². The predicted octanol–water partition coefficient (Wildman–Crippen LogP) is 1.96. The Balaban J connectivity index is 1.52. The van der Waals surface area contributed by atoms with Gasteiger partial charge in [-0.25, -0.2) is 0 Å². The van der Waals surface area contributed by atoms with Gasteiger partial charge in [-0.3, -0.25) is 0 Å². The topological polar surface area (TPSA) is 15.3 Å². The van der Waals surface area contributed by atoms with Crippen LogP contribution in [-0.2, 0) is 0 Å². The van der Waals surface area contributed by atoms with E-state index in [1.165, 1.54) is 57.6 Å². The van der Waals surface area contributed by atoms with Gasteiger partial charge in [0.25, 0.3) is 0 Å². The molecule has 0 aromatic heterocycles. The molecule has 1 unspecified atom stereocenters. The van der Waals surface area contributed by atoms with Gasteiger partial charge in [0.1, 0.15) is 0 Å². The SMILES string of the molecule is CCC1CN(CCCNC2CC2)CCS1. The fourth-order valence-corrected chi connectivity index (χ4v) is 3.38. The number of hydrogen-bond acceptors (Lipinski definition) is 3. The van der Waals surface area contributed by atoms with Crippen LogP contribution in [0.25, 0.3) is 0 Å². The van der Waals surface area contributed by atoms with Crippen LogP contribution in [0.15, 0.2) is 0 Å². The first-order chi connectivity index (χ1) is 7.38. The van der Waals surface area contributed by atoms with Crippen molar-refractivity contribution in [2.45, 2.75) is 43.9 Å². The van der Waals surface area contributed by atoms with Crippen molar-refractivity contribution < 1.29 is 0 Å². The van der Waals surface area contributed by atoms with Crippen LogP contribution in [0.3, 0.4) is 0 Å². The van der Waals surface area contributed by atoms with Gasteiger partial charge in [0.05, 0.1) is 0 Å². The molecule has 3 heteroatoms. The second-order valence-electron chi connectivity index (χ2n) is 4.78. The third-order valence-electron chi connectivity index (χ3n) is 3.34. The molecule has 0 amide bonds. The Labute approximate surface area is 98.2 Å². The Bertz CT molecular complexity index is 182. The quantitative estimate of drug-likeness (QED) is 0.700. The van der Waals surface area contributed by atoms with Crippen LogP contribution < -0.4 is 5.32 Å². The van der Waals surface area contributed by atoms with Crippen LogP contribution in [0.2, 0.25) is 0 Å². The average molecular weight is 228 g/mol. The van der Waals surface area contributed by atoms with Gasteiger partial charge in [-0.05, 0) is 38.8 Å². The molecule has 2 aliphatic rings. The first-order valence-electron chi connectivity index (χ1n) is 6.46. The summed E-state index contributed by atoms with van der Waals surface area (Å²) in [6.45, 7) is 7.48. The average Bonchev–Trinajstić information content (AvgIpc) is 3.09. The summed E-state index contributed by atoms with van der Waals surface area (Å²) < 4.78 is 0. The summed E-state index contributed by atoms with van der Waals surface area (Å²) in [7, 11) is 0. The lowest BCUT2D eigenvalue weighted by atomic mass is 10.2. The number of hydrogen-bond donors (Lipinski definition) is 1. The number of rotatable bonds is 6. The van der Waals surface area contributed by atoms with Crippen molar-refractivity contribution in [1.82, 2.24) is 10.2 Å². The van der Waals surface area contributed by atoms with Gasteiger partial charge in [0.15, 0.2) is 0 Å². The van der Waals surface area contributed by atoms with Crippen molar-refractivity contribution in [1.29, 1.82) is 0 Å². The van der Waals surface area contributed by atoms with Crippen molar-refractivity contribution in [3.63, 3.8) is 0 Å². The maximum absolute atomic E-state index is 3.59.